The number of nitrogens with zero attached hydrogens (tertiary/aromatic N) is 3. The molecular weight excluding hydrogens is 374 g/mol. The molecule has 0 saturated carbocycles. The van der Waals surface area contributed by atoms with E-state index in [1.54, 1.807) is 28.0 Å². The lowest BCUT2D eigenvalue weighted by Gasteiger charge is -2.35. The van der Waals surface area contributed by atoms with Crippen molar-refractivity contribution in [1.29, 1.82) is 0 Å². The Kier molecular flexibility index (Phi) is 6.21. The largest absolute Gasteiger partial charge is 0.495 e. The quantitative estimate of drug-likeness (QED) is 0.767. The molecule has 1 aromatic carbocycles. The van der Waals surface area contributed by atoms with E-state index in [4.69, 9.17) is 9.15 Å². The van der Waals surface area contributed by atoms with Gasteiger partial charge in [-0.15, -0.1) is 0 Å². The molecule has 0 aliphatic carbocycles. The maximum absolute atomic E-state index is 12.8. The molecule has 1 aromatic heterocycles. The Balaban J connectivity index is 1.65. The van der Waals surface area contributed by atoms with Crippen molar-refractivity contribution in [2.45, 2.75) is 13.8 Å². The van der Waals surface area contributed by atoms with Gasteiger partial charge in [0.25, 0.3) is 5.91 Å². The molecule has 0 bridgehead atoms. The average Bonchev–Trinajstić information content (AvgIpc) is 3.26. The number of hydrogen-bond acceptors (Lipinski definition) is 5. The molecule has 29 heavy (non-hydrogen) atoms. The highest BCUT2D eigenvalue weighted by Gasteiger charge is 2.28. The number of rotatable bonds is 5. The molecule has 0 atom stereocenters. The summed E-state index contributed by atoms with van der Waals surface area (Å²) in [5.41, 5.74) is 1.53. The minimum Gasteiger partial charge on any atom is -0.495 e. The Morgan fingerprint density at radius 3 is 2.38 bits per heavy atom. The van der Waals surface area contributed by atoms with E-state index in [1.807, 2.05) is 19.1 Å². The molecule has 1 aliphatic heterocycles. The van der Waals surface area contributed by atoms with Gasteiger partial charge in [-0.25, -0.2) is 0 Å². The van der Waals surface area contributed by atoms with Gasteiger partial charge in [0.05, 0.1) is 19.1 Å². The van der Waals surface area contributed by atoms with E-state index < -0.39 is 0 Å². The van der Waals surface area contributed by atoms with Crippen molar-refractivity contribution in [2.24, 2.45) is 0 Å². The van der Waals surface area contributed by atoms with Gasteiger partial charge in [-0.2, -0.15) is 0 Å². The van der Waals surface area contributed by atoms with E-state index in [0.29, 0.717) is 43.4 Å². The Labute approximate surface area is 169 Å². The van der Waals surface area contributed by atoms with Crippen LogP contribution in [0.1, 0.15) is 23.0 Å². The maximum atomic E-state index is 12.8. The number of benzene rings is 1. The summed E-state index contributed by atoms with van der Waals surface area (Å²) < 4.78 is 10.5. The summed E-state index contributed by atoms with van der Waals surface area (Å²) in [6.45, 7) is 4.90. The molecule has 0 unspecified atom stereocenters. The Hall–Kier alpha value is -3.29. The zero-order chi connectivity index (χ0) is 21.0. The third kappa shape index (κ3) is 4.59. The topological polar surface area (TPSA) is 83.3 Å². The Morgan fingerprint density at radius 2 is 1.79 bits per heavy atom. The van der Waals surface area contributed by atoms with E-state index in [0.717, 1.165) is 5.56 Å². The minimum atomic E-state index is -0.242. The summed E-state index contributed by atoms with van der Waals surface area (Å²) in [6, 6.07) is 8.79. The van der Waals surface area contributed by atoms with Crippen molar-refractivity contribution in [3.63, 3.8) is 0 Å². The standard InChI is InChI=1S/C21H25N3O5/c1-15-6-7-18(28-3)17(13-15)24(16(2)25)14-20(26)22-8-10-23(11-9-22)21(27)19-5-4-12-29-19/h4-7,12-13H,8-11,14H2,1-3H3. The number of piperazine rings is 1. The first-order valence-corrected chi connectivity index (χ1v) is 9.44. The van der Waals surface area contributed by atoms with E-state index in [-0.39, 0.29) is 24.3 Å². The first-order chi connectivity index (χ1) is 13.9. The molecule has 2 heterocycles. The number of furan rings is 1. The highest BCUT2D eigenvalue weighted by molar-refractivity contribution is 5.99. The van der Waals surface area contributed by atoms with Crippen molar-refractivity contribution in [3.05, 3.63) is 47.9 Å². The average molecular weight is 399 g/mol. The summed E-state index contributed by atoms with van der Waals surface area (Å²) in [7, 11) is 1.53. The number of hydrogen-bond donors (Lipinski definition) is 0. The van der Waals surface area contributed by atoms with Gasteiger partial charge in [0, 0.05) is 33.1 Å². The van der Waals surface area contributed by atoms with Gasteiger partial charge in [-0.1, -0.05) is 6.07 Å². The fraction of sp³-hybridized carbons (Fsp3) is 0.381. The molecule has 1 aliphatic rings. The van der Waals surface area contributed by atoms with Crippen LogP contribution in [-0.4, -0.2) is 67.4 Å². The van der Waals surface area contributed by atoms with Crippen LogP contribution < -0.4 is 9.64 Å². The van der Waals surface area contributed by atoms with Crippen LogP contribution in [0.5, 0.6) is 5.75 Å². The molecule has 1 saturated heterocycles. The fourth-order valence-electron chi connectivity index (χ4n) is 3.33. The predicted molar refractivity (Wildman–Crippen MR) is 107 cm³/mol. The molecule has 8 nitrogen and oxygen atoms in total. The molecule has 2 aromatic rings. The summed E-state index contributed by atoms with van der Waals surface area (Å²) in [5, 5.41) is 0. The second-order valence-electron chi connectivity index (χ2n) is 6.93. The summed E-state index contributed by atoms with van der Waals surface area (Å²) in [6.07, 6.45) is 1.46. The molecule has 0 spiro atoms. The molecule has 154 valence electrons. The van der Waals surface area contributed by atoms with Gasteiger partial charge in [0.2, 0.25) is 11.8 Å². The number of carbonyl (C=O) groups is 3. The highest BCUT2D eigenvalue weighted by Crippen LogP contribution is 2.29. The molecular formula is C21H25N3O5. The van der Waals surface area contributed by atoms with Crippen LogP contribution in [0.4, 0.5) is 5.69 Å². The first-order valence-electron chi connectivity index (χ1n) is 9.44. The first kappa shape index (κ1) is 20.4. The Bertz CT molecular complexity index is 886. The van der Waals surface area contributed by atoms with Crippen LogP contribution >= 0.6 is 0 Å². The molecule has 3 rings (SSSR count). The fourth-order valence-corrected chi connectivity index (χ4v) is 3.33. The van der Waals surface area contributed by atoms with Crippen molar-refractivity contribution in [1.82, 2.24) is 9.80 Å². The number of aryl methyl sites for hydroxylation is 1. The number of ether oxygens (including phenoxy) is 1. The number of methoxy groups -OCH3 is 1. The second-order valence-corrected chi connectivity index (χ2v) is 6.93. The van der Waals surface area contributed by atoms with E-state index in [2.05, 4.69) is 0 Å². The second kappa shape index (κ2) is 8.81. The van der Waals surface area contributed by atoms with Crippen molar-refractivity contribution >= 4 is 23.4 Å². The van der Waals surface area contributed by atoms with Gasteiger partial charge >= 0.3 is 0 Å². The van der Waals surface area contributed by atoms with E-state index in [9.17, 15) is 14.4 Å². The third-order valence-corrected chi connectivity index (χ3v) is 4.95. The Morgan fingerprint density at radius 1 is 1.10 bits per heavy atom. The van der Waals surface area contributed by atoms with Crippen LogP contribution in [-0.2, 0) is 9.59 Å². The monoisotopic (exact) mass is 399 g/mol. The normalized spacial score (nSPS) is 13.9. The highest BCUT2D eigenvalue weighted by atomic mass is 16.5. The molecule has 1 fully saturated rings. The zero-order valence-corrected chi connectivity index (χ0v) is 16.9. The van der Waals surface area contributed by atoms with E-state index in [1.165, 1.54) is 25.2 Å². The zero-order valence-electron chi connectivity index (χ0n) is 16.9. The van der Waals surface area contributed by atoms with Crippen molar-refractivity contribution in [2.75, 3.05) is 44.7 Å². The number of amides is 3. The summed E-state index contributed by atoms with van der Waals surface area (Å²) >= 11 is 0. The van der Waals surface area contributed by atoms with Gasteiger partial charge in [-0.3, -0.25) is 19.3 Å². The lowest BCUT2D eigenvalue weighted by Crippen LogP contribution is -2.53. The van der Waals surface area contributed by atoms with Crippen LogP contribution in [0.25, 0.3) is 0 Å². The van der Waals surface area contributed by atoms with E-state index >= 15 is 0 Å². The van der Waals surface area contributed by atoms with Crippen LogP contribution in [0.2, 0.25) is 0 Å². The molecule has 8 heteroatoms. The summed E-state index contributed by atoms with van der Waals surface area (Å²) in [4.78, 5) is 42.2. The molecule has 0 radical (unpaired) electrons. The summed E-state index contributed by atoms with van der Waals surface area (Å²) in [5.74, 6) is 0.228. The number of anilines is 1. The minimum absolute atomic E-state index is 0.0821. The van der Waals surface area contributed by atoms with Gasteiger partial charge in [0.1, 0.15) is 12.3 Å². The van der Waals surface area contributed by atoms with Gasteiger partial charge in [0.15, 0.2) is 5.76 Å². The van der Waals surface area contributed by atoms with Crippen LogP contribution in [0, 0.1) is 6.92 Å². The smallest absolute Gasteiger partial charge is 0.289 e. The van der Waals surface area contributed by atoms with Gasteiger partial charge in [-0.05, 0) is 36.8 Å². The lowest BCUT2D eigenvalue weighted by molar-refractivity contribution is -0.132. The lowest BCUT2D eigenvalue weighted by atomic mass is 10.2. The van der Waals surface area contributed by atoms with Crippen molar-refractivity contribution < 1.29 is 23.5 Å². The molecule has 0 N–H and O–H groups in total. The van der Waals surface area contributed by atoms with Crippen molar-refractivity contribution in [3.8, 4) is 5.75 Å². The SMILES string of the molecule is COc1ccc(C)cc1N(CC(=O)N1CCN(C(=O)c2ccco2)CC1)C(C)=O. The number of carbonyl (C=O) groups excluding carboxylic acids is 3. The predicted octanol–water partition coefficient (Wildman–Crippen LogP) is 1.93. The van der Waals surface area contributed by atoms with Crippen LogP contribution in [0.3, 0.4) is 0 Å². The third-order valence-electron chi connectivity index (χ3n) is 4.95. The van der Waals surface area contributed by atoms with Gasteiger partial charge < -0.3 is 19.0 Å². The van der Waals surface area contributed by atoms with Crippen LogP contribution in [0.15, 0.2) is 41.0 Å². The maximum Gasteiger partial charge on any atom is 0.289 e. The molecule has 3 amide bonds.